The van der Waals surface area contributed by atoms with Crippen LogP contribution < -0.4 is 5.73 Å². The van der Waals surface area contributed by atoms with Gasteiger partial charge in [0.15, 0.2) is 0 Å². The second-order valence-corrected chi connectivity index (χ2v) is 5.79. The highest BCUT2D eigenvalue weighted by atomic mass is 32.2. The van der Waals surface area contributed by atoms with Gasteiger partial charge in [-0.3, -0.25) is 0 Å². The number of nitrogen functional groups attached to an aromatic ring is 1. The highest BCUT2D eigenvalue weighted by Gasteiger charge is 2.02. The van der Waals surface area contributed by atoms with E-state index < -0.39 is 0 Å². The van der Waals surface area contributed by atoms with E-state index in [1.807, 2.05) is 17.8 Å². The zero-order valence-electron chi connectivity index (χ0n) is 11.2. The Morgan fingerprint density at radius 1 is 0.944 bits per heavy atom. The van der Waals surface area contributed by atoms with E-state index >= 15 is 0 Å². The molecule has 0 heterocycles. The van der Waals surface area contributed by atoms with Gasteiger partial charge in [0.2, 0.25) is 0 Å². The van der Waals surface area contributed by atoms with Gasteiger partial charge < -0.3 is 5.73 Å². The Hall–Kier alpha value is -1.41. The maximum absolute atomic E-state index is 5.83. The summed E-state index contributed by atoms with van der Waals surface area (Å²) >= 11 is 1.86. The predicted molar refractivity (Wildman–Crippen MR) is 81.1 cm³/mol. The van der Waals surface area contributed by atoms with Crippen molar-refractivity contribution in [1.29, 1.82) is 0 Å². The van der Waals surface area contributed by atoms with E-state index in [0.29, 0.717) is 0 Å². The number of benzene rings is 2. The van der Waals surface area contributed by atoms with Crippen molar-refractivity contribution in [2.24, 2.45) is 0 Å². The minimum Gasteiger partial charge on any atom is -0.399 e. The maximum Gasteiger partial charge on any atom is 0.0344 e. The van der Waals surface area contributed by atoms with Crippen molar-refractivity contribution in [1.82, 2.24) is 0 Å². The average Bonchev–Trinajstić information content (AvgIpc) is 2.34. The lowest BCUT2D eigenvalue weighted by molar-refractivity contribution is 1.26. The van der Waals surface area contributed by atoms with Crippen molar-refractivity contribution in [3.8, 4) is 0 Å². The average molecular weight is 257 g/mol. The molecule has 0 saturated heterocycles. The summed E-state index contributed by atoms with van der Waals surface area (Å²) in [6, 6.07) is 12.9. The van der Waals surface area contributed by atoms with Crippen molar-refractivity contribution >= 4 is 17.4 Å². The molecule has 94 valence electrons. The SMILES string of the molecule is Cc1ccc(C)c(CSc2ccc(N)c(C)c2)c1. The summed E-state index contributed by atoms with van der Waals surface area (Å²) in [4.78, 5) is 1.28. The second kappa shape index (κ2) is 5.49. The Kier molecular flexibility index (Phi) is 3.97. The van der Waals surface area contributed by atoms with Crippen LogP contribution in [0.5, 0.6) is 0 Å². The minimum atomic E-state index is 0.867. The Morgan fingerprint density at radius 3 is 2.44 bits per heavy atom. The largest absolute Gasteiger partial charge is 0.399 e. The number of hydrogen-bond donors (Lipinski definition) is 1. The van der Waals surface area contributed by atoms with Crippen molar-refractivity contribution < 1.29 is 0 Å². The van der Waals surface area contributed by atoms with Crippen LogP contribution >= 0.6 is 11.8 Å². The standard InChI is InChI=1S/C16H19NS/c1-11-4-5-12(2)14(8-11)10-18-15-6-7-16(17)13(3)9-15/h4-9H,10,17H2,1-3H3. The second-order valence-electron chi connectivity index (χ2n) is 4.74. The Bertz CT molecular complexity index is 561. The summed E-state index contributed by atoms with van der Waals surface area (Å²) in [5.74, 6) is 1.01. The van der Waals surface area contributed by atoms with Gasteiger partial charge in [0.05, 0.1) is 0 Å². The fraction of sp³-hybridized carbons (Fsp3) is 0.250. The normalized spacial score (nSPS) is 10.6. The fourth-order valence-electron chi connectivity index (χ4n) is 1.85. The van der Waals surface area contributed by atoms with Crippen LogP contribution in [-0.4, -0.2) is 0 Å². The topological polar surface area (TPSA) is 26.0 Å². The van der Waals surface area contributed by atoms with Gasteiger partial charge in [-0.2, -0.15) is 0 Å². The zero-order chi connectivity index (χ0) is 13.1. The highest BCUT2D eigenvalue weighted by molar-refractivity contribution is 7.98. The van der Waals surface area contributed by atoms with Gasteiger partial charge in [0.25, 0.3) is 0 Å². The highest BCUT2D eigenvalue weighted by Crippen LogP contribution is 2.27. The number of nitrogens with two attached hydrogens (primary N) is 1. The molecule has 1 nitrogen and oxygen atoms in total. The van der Waals surface area contributed by atoms with E-state index in [-0.39, 0.29) is 0 Å². The number of anilines is 1. The van der Waals surface area contributed by atoms with E-state index in [1.54, 1.807) is 0 Å². The molecule has 2 heteroatoms. The van der Waals surface area contributed by atoms with Crippen LogP contribution in [0.4, 0.5) is 5.69 Å². The van der Waals surface area contributed by atoms with Crippen molar-refractivity contribution in [3.05, 3.63) is 58.7 Å². The first-order valence-corrected chi connectivity index (χ1v) is 7.10. The van der Waals surface area contributed by atoms with Crippen LogP contribution in [0.25, 0.3) is 0 Å². The lowest BCUT2D eigenvalue weighted by Crippen LogP contribution is -1.90. The van der Waals surface area contributed by atoms with Gasteiger partial charge in [-0.25, -0.2) is 0 Å². The molecule has 0 aliphatic rings. The molecule has 0 radical (unpaired) electrons. The van der Waals surface area contributed by atoms with E-state index in [2.05, 4.69) is 51.1 Å². The van der Waals surface area contributed by atoms with Crippen molar-refractivity contribution in [2.75, 3.05) is 5.73 Å². The molecule has 0 unspecified atom stereocenters. The third kappa shape index (κ3) is 3.08. The molecule has 2 N–H and O–H groups in total. The molecule has 2 rings (SSSR count). The van der Waals surface area contributed by atoms with Gasteiger partial charge >= 0.3 is 0 Å². The van der Waals surface area contributed by atoms with Gasteiger partial charge in [0.1, 0.15) is 0 Å². The Labute approximate surface area is 113 Å². The molecule has 18 heavy (non-hydrogen) atoms. The summed E-state index contributed by atoms with van der Waals surface area (Å²) in [7, 11) is 0. The molecular formula is C16H19NS. The number of aryl methyl sites for hydroxylation is 3. The third-order valence-electron chi connectivity index (χ3n) is 3.14. The molecular weight excluding hydrogens is 238 g/mol. The van der Waals surface area contributed by atoms with Gasteiger partial charge in [0, 0.05) is 16.3 Å². The van der Waals surface area contributed by atoms with Crippen LogP contribution in [-0.2, 0) is 5.75 Å². The molecule has 0 saturated carbocycles. The lowest BCUT2D eigenvalue weighted by Gasteiger charge is -2.08. The third-order valence-corrected chi connectivity index (χ3v) is 4.18. The summed E-state index contributed by atoms with van der Waals surface area (Å²) < 4.78 is 0. The molecule has 2 aromatic rings. The summed E-state index contributed by atoms with van der Waals surface area (Å²) in [5, 5.41) is 0. The van der Waals surface area contributed by atoms with Crippen LogP contribution in [0.15, 0.2) is 41.3 Å². The summed E-state index contributed by atoms with van der Waals surface area (Å²) in [6.45, 7) is 6.36. The van der Waals surface area contributed by atoms with Gasteiger partial charge in [-0.1, -0.05) is 23.8 Å². The first-order valence-electron chi connectivity index (χ1n) is 6.11. The molecule has 0 amide bonds. The van der Waals surface area contributed by atoms with Crippen LogP contribution in [0.1, 0.15) is 22.3 Å². The fourth-order valence-corrected chi connectivity index (χ4v) is 2.91. The monoisotopic (exact) mass is 257 g/mol. The molecule has 0 spiro atoms. The van der Waals surface area contributed by atoms with Crippen LogP contribution in [0.3, 0.4) is 0 Å². The van der Waals surface area contributed by atoms with E-state index in [0.717, 1.165) is 17.0 Å². The van der Waals surface area contributed by atoms with E-state index in [9.17, 15) is 0 Å². The van der Waals surface area contributed by atoms with Crippen molar-refractivity contribution in [3.63, 3.8) is 0 Å². The molecule has 2 aromatic carbocycles. The first kappa shape index (κ1) is 13.0. The minimum absolute atomic E-state index is 0.867. The quantitative estimate of drug-likeness (QED) is 0.648. The van der Waals surface area contributed by atoms with Gasteiger partial charge in [-0.15, -0.1) is 11.8 Å². The smallest absolute Gasteiger partial charge is 0.0344 e. The Morgan fingerprint density at radius 2 is 1.72 bits per heavy atom. The first-order chi connectivity index (χ1) is 8.56. The van der Waals surface area contributed by atoms with Crippen LogP contribution in [0, 0.1) is 20.8 Å². The molecule has 0 fully saturated rings. The number of thioether (sulfide) groups is 1. The van der Waals surface area contributed by atoms with Crippen LogP contribution in [0.2, 0.25) is 0 Å². The maximum atomic E-state index is 5.83. The Balaban J connectivity index is 2.11. The summed E-state index contributed by atoms with van der Waals surface area (Å²) in [5.41, 5.74) is 11.9. The lowest BCUT2D eigenvalue weighted by atomic mass is 10.1. The molecule has 0 atom stereocenters. The van der Waals surface area contributed by atoms with Crippen molar-refractivity contribution in [2.45, 2.75) is 31.4 Å². The van der Waals surface area contributed by atoms with E-state index in [4.69, 9.17) is 5.73 Å². The molecule has 0 bridgehead atoms. The summed E-state index contributed by atoms with van der Waals surface area (Å²) in [6.07, 6.45) is 0. The van der Waals surface area contributed by atoms with Gasteiger partial charge in [-0.05, 0) is 55.7 Å². The van der Waals surface area contributed by atoms with E-state index in [1.165, 1.54) is 21.6 Å². The molecule has 0 aliphatic heterocycles. The predicted octanol–water partition coefficient (Wildman–Crippen LogP) is 4.49. The number of hydrogen-bond acceptors (Lipinski definition) is 2. The molecule has 0 aliphatic carbocycles. The molecule has 0 aromatic heterocycles. The number of rotatable bonds is 3. The zero-order valence-corrected chi connectivity index (χ0v) is 12.0.